The van der Waals surface area contributed by atoms with Crippen molar-refractivity contribution in [1.82, 2.24) is 10.1 Å². The molecule has 1 aromatic heterocycles. The Kier molecular flexibility index (Phi) is 5.31. The third kappa shape index (κ3) is 4.56. The van der Waals surface area contributed by atoms with Crippen molar-refractivity contribution >= 4 is 5.78 Å². The summed E-state index contributed by atoms with van der Waals surface area (Å²) in [6, 6.07) is 12.4. The number of benzene rings is 2. The lowest BCUT2D eigenvalue weighted by Gasteiger charge is -2.05. The average molecular weight is 380 g/mol. The molecule has 3 aromatic rings. The second-order valence-corrected chi connectivity index (χ2v) is 5.52. The number of carbonyl (C=O) groups excluding carboxylic acids is 1. The molecular weight excluding hydrogens is 368 g/mol. The van der Waals surface area contributed by atoms with Crippen LogP contribution in [0.25, 0.3) is 11.4 Å². The van der Waals surface area contributed by atoms with Gasteiger partial charge in [0.2, 0.25) is 5.82 Å². The van der Waals surface area contributed by atoms with E-state index in [2.05, 4.69) is 14.7 Å². The summed E-state index contributed by atoms with van der Waals surface area (Å²) < 4.78 is 61.0. The summed E-state index contributed by atoms with van der Waals surface area (Å²) in [6.07, 6.45) is -4.83. The zero-order valence-electron chi connectivity index (χ0n) is 13.7. The lowest BCUT2D eigenvalue weighted by atomic mass is 10.1. The average Bonchev–Trinajstić information content (AvgIpc) is 3.12. The van der Waals surface area contributed by atoms with E-state index in [1.54, 1.807) is 0 Å². The van der Waals surface area contributed by atoms with Gasteiger partial charge in [0.05, 0.1) is 12.2 Å². The molecule has 0 aliphatic carbocycles. The third-order valence-electron chi connectivity index (χ3n) is 3.55. The number of nitrogens with zero attached hydrogens (tertiary/aromatic N) is 2. The van der Waals surface area contributed by atoms with Crippen molar-refractivity contribution in [2.24, 2.45) is 0 Å². The van der Waals surface area contributed by atoms with Gasteiger partial charge in [-0.05, 0) is 17.7 Å². The fraction of sp³-hybridized carbons (Fsp3) is 0.167. The fourth-order valence-corrected chi connectivity index (χ4v) is 2.24. The number of alkyl halides is 3. The fourth-order valence-electron chi connectivity index (χ4n) is 2.24. The second-order valence-electron chi connectivity index (χ2n) is 5.52. The predicted molar refractivity (Wildman–Crippen MR) is 85.1 cm³/mol. The standard InChI is InChI=1S/C18H12F4N2O3/c19-14-8-12(15(25)10-26-9-11-4-2-1-3-5-11)6-7-13(14)16-23-17(27-24-16)18(20,21)22/h1-8H,9-10H2. The Bertz CT molecular complexity index is 939. The third-order valence-corrected chi connectivity index (χ3v) is 3.55. The number of carbonyl (C=O) groups is 1. The lowest BCUT2D eigenvalue weighted by Crippen LogP contribution is -2.09. The minimum Gasteiger partial charge on any atom is -0.369 e. The maximum atomic E-state index is 14.2. The number of Topliss-reactive ketones (excluding diaryl/α,β-unsaturated/α-hetero) is 1. The molecule has 0 radical (unpaired) electrons. The van der Waals surface area contributed by atoms with Crippen molar-refractivity contribution in [3.05, 3.63) is 71.4 Å². The zero-order valence-corrected chi connectivity index (χ0v) is 13.7. The maximum absolute atomic E-state index is 14.2. The van der Waals surface area contributed by atoms with E-state index in [1.807, 2.05) is 30.3 Å². The number of rotatable bonds is 6. The molecule has 0 aliphatic rings. The molecule has 27 heavy (non-hydrogen) atoms. The first-order chi connectivity index (χ1) is 12.8. The molecule has 140 valence electrons. The van der Waals surface area contributed by atoms with E-state index in [-0.39, 0.29) is 24.3 Å². The van der Waals surface area contributed by atoms with Crippen LogP contribution in [0.5, 0.6) is 0 Å². The molecule has 0 spiro atoms. The molecule has 0 fully saturated rings. The molecule has 0 N–H and O–H groups in total. The smallest absolute Gasteiger partial charge is 0.369 e. The Hall–Kier alpha value is -3.07. The summed E-state index contributed by atoms with van der Waals surface area (Å²) in [5.41, 5.74) is 0.587. The SMILES string of the molecule is O=C(COCc1ccccc1)c1ccc(-c2noc(C(F)(F)F)n2)c(F)c1. The van der Waals surface area contributed by atoms with Crippen LogP contribution < -0.4 is 0 Å². The molecule has 1 heterocycles. The highest BCUT2D eigenvalue weighted by molar-refractivity contribution is 5.97. The van der Waals surface area contributed by atoms with E-state index in [0.29, 0.717) is 0 Å². The molecule has 0 amide bonds. The maximum Gasteiger partial charge on any atom is 0.471 e. The zero-order chi connectivity index (χ0) is 19.4. The van der Waals surface area contributed by atoms with Gasteiger partial charge >= 0.3 is 12.1 Å². The summed E-state index contributed by atoms with van der Waals surface area (Å²) in [5, 5.41) is 3.12. The molecule has 2 aromatic carbocycles. The van der Waals surface area contributed by atoms with Gasteiger partial charge in [-0.2, -0.15) is 18.2 Å². The molecule has 0 atom stereocenters. The number of hydrogen-bond acceptors (Lipinski definition) is 5. The first kappa shape index (κ1) is 18.7. The van der Waals surface area contributed by atoms with Crippen LogP contribution in [0.4, 0.5) is 17.6 Å². The molecule has 0 aliphatic heterocycles. The van der Waals surface area contributed by atoms with Crippen LogP contribution in [0.1, 0.15) is 21.8 Å². The van der Waals surface area contributed by atoms with Gasteiger partial charge in [0.1, 0.15) is 12.4 Å². The van der Waals surface area contributed by atoms with E-state index in [4.69, 9.17) is 4.74 Å². The van der Waals surface area contributed by atoms with Gasteiger partial charge in [0.25, 0.3) is 0 Å². The number of halogens is 4. The minimum absolute atomic E-state index is 0.0175. The summed E-state index contributed by atoms with van der Waals surface area (Å²) in [5.74, 6) is -3.55. The highest BCUT2D eigenvalue weighted by Gasteiger charge is 2.38. The van der Waals surface area contributed by atoms with E-state index >= 15 is 0 Å². The molecule has 0 saturated carbocycles. The summed E-state index contributed by atoms with van der Waals surface area (Å²) in [4.78, 5) is 15.2. The highest BCUT2D eigenvalue weighted by Crippen LogP contribution is 2.30. The molecule has 0 saturated heterocycles. The molecule has 9 heteroatoms. The largest absolute Gasteiger partial charge is 0.471 e. The van der Waals surface area contributed by atoms with E-state index < -0.39 is 29.5 Å². The van der Waals surface area contributed by atoms with Gasteiger partial charge in [-0.1, -0.05) is 41.6 Å². The van der Waals surface area contributed by atoms with Gasteiger partial charge in [-0.15, -0.1) is 0 Å². The molecular formula is C18H12F4N2O3. The number of ether oxygens (including phenoxy) is 1. The quantitative estimate of drug-likeness (QED) is 0.471. The molecule has 5 nitrogen and oxygen atoms in total. The van der Waals surface area contributed by atoms with Gasteiger partial charge in [-0.3, -0.25) is 4.79 Å². The topological polar surface area (TPSA) is 65.2 Å². The van der Waals surface area contributed by atoms with Crippen LogP contribution in [0.15, 0.2) is 53.1 Å². The first-order valence-electron chi connectivity index (χ1n) is 7.70. The Morgan fingerprint density at radius 2 is 1.85 bits per heavy atom. The van der Waals surface area contributed by atoms with Crippen LogP contribution >= 0.6 is 0 Å². The lowest BCUT2D eigenvalue weighted by molar-refractivity contribution is -0.159. The predicted octanol–water partition coefficient (Wildman–Crippen LogP) is 4.29. The van der Waals surface area contributed by atoms with Gasteiger partial charge < -0.3 is 9.26 Å². The number of aromatic nitrogens is 2. The minimum atomic E-state index is -4.83. The monoisotopic (exact) mass is 380 g/mol. The molecule has 3 rings (SSSR count). The van der Waals surface area contributed by atoms with Crippen LogP contribution in [-0.4, -0.2) is 22.5 Å². The Morgan fingerprint density at radius 1 is 1.11 bits per heavy atom. The van der Waals surface area contributed by atoms with Gasteiger partial charge in [-0.25, -0.2) is 4.39 Å². The summed E-state index contributed by atoms with van der Waals surface area (Å²) in [6.45, 7) is -0.0513. The van der Waals surface area contributed by atoms with Crippen LogP contribution in [0.3, 0.4) is 0 Å². The van der Waals surface area contributed by atoms with Crippen molar-refractivity contribution in [2.45, 2.75) is 12.8 Å². The summed E-state index contributed by atoms with van der Waals surface area (Å²) >= 11 is 0. The highest BCUT2D eigenvalue weighted by atomic mass is 19.4. The van der Waals surface area contributed by atoms with Crippen LogP contribution in [-0.2, 0) is 17.5 Å². The van der Waals surface area contributed by atoms with Gasteiger partial charge in [0.15, 0.2) is 5.78 Å². The van der Waals surface area contributed by atoms with Crippen LogP contribution in [0.2, 0.25) is 0 Å². The number of hydrogen-bond donors (Lipinski definition) is 0. The molecule has 0 bridgehead atoms. The van der Waals surface area contributed by atoms with Crippen molar-refractivity contribution in [3.8, 4) is 11.4 Å². The van der Waals surface area contributed by atoms with Crippen molar-refractivity contribution < 1.29 is 31.6 Å². The van der Waals surface area contributed by atoms with Crippen molar-refractivity contribution in [2.75, 3.05) is 6.61 Å². The first-order valence-corrected chi connectivity index (χ1v) is 7.70. The van der Waals surface area contributed by atoms with Crippen molar-refractivity contribution in [1.29, 1.82) is 0 Å². The second kappa shape index (κ2) is 7.67. The Labute approximate surface area is 150 Å². The van der Waals surface area contributed by atoms with Gasteiger partial charge in [0, 0.05) is 5.56 Å². The van der Waals surface area contributed by atoms with E-state index in [0.717, 1.165) is 17.7 Å². The normalized spacial score (nSPS) is 11.6. The molecule has 0 unspecified atom stereocenters. The summed E-state index contributed by atoms with van der Waals surface area (Å²) in [7, 11) is 0. The Balaban J connectivity index is 1.67. The van der Waals surface area contributed by atoms with E-state index in [9.17, 15) is 22.4 Å². The van der Waals surface area contributed by atoms with Crippen LogP contribution in [0, 0.1) is 5.82 Å². The van der Waals surface area contributed by atoms with Crippen molar-refractivity contribution in [3.63, 3.8) is 0 Å². The number of ketones is 1. The van der Waals surface area contributed by atoms with E-state index in [1.165, 1.54) is 6.07 Å². The Morgan fingerprint density at radius 3 is 2.48 bits per heavy atom.